The van der Waals surface area contributed by atoms with Crippen LogP contribution in [0.4, 0.5) is 0 Å². The van der Waals surface area contributed by atoms with Crippen molar-refractivity contribution in [1.82, 2.24) is 0 Å². The standard InChI is InChI=1S/C14H22O2/c1-2-14(16,11-7-4-8-12-15)13-9-5-3-6-10-13/h3,5-6,9-10,15-16H,2,4,7-8,11-12H2,1H3. The summed E-state index contributed by atoms with van der Waals surface area (Å²) in [4.78, 5) is 0. The first-order chi connectivity index (χ1) is 7.73. The minimum absolute atomic E-state index is 0.246. The van der Waals surface area contributed by atoms with Gasteiger partial charge in [0.2, 0.25) is 0 Å². The highest BCUT2D eigenvalue weighted by Crippen LogP contribution is 2.30. The van der Waals surface area contributed by atoms with Crippen molar-refractivity contribution in [3.63, 3.8) is 0 Å². The first-order valence-electron chi connectivity index (χ1n) is 6.11. The van der Waals surface area contributed by atoms with Crippen LogP contribution in [0.5, 0.6) is 0 Å². The lowest BCUT2D eigenvalue weighted by atomic mass is 9.86. The summed E-state index contributed by atoms with van der Waals surface area (Å²) < 4.78 is 0. The minimum Gasteiger partial charge on any atom is -0.396 e. The molecular weight excluding hydrogens is 200 g/mol. The predicted molar refractivity (Wildman–Crippen MR) is 66.2 cm³/mol. The average molecular weight is 222 g/mol. The molecule has 0 bridgehead atoms. The normalized spacial score (nSPS) is 14.7. The molecule has 1 rings (SSSR count). The van der Waals surface area contributed by atoms with E-state index in [0.717, 1.165) is 37.7 Å². The van der Waals surface area contributed by atoms with Gasteiger partial charge >= 0.3 is 0 Å². The molecule has 1 unspecified atom stereocenters. The van der Waals surface area contributed by atoms with Crippen molar-refractivity contribution >= 4 is 0 Å². The Labute approximate surface area is 97.9 Å². The fourth-order valence-corrected chi connectivity index (χ4v) is 1.98. The minimum atomic E-state index is -0.698. The van der Waals surface area contributed by atoms with Gasteiger partial charge in [0.15, 0.2) is 0 Å². The van der Waals surface area contributed by atoms with Gasteiger partial charge in [-0.05, 0) is 24.8 Å². The van der Waals surface area contributed by atoms with Gasteiger partial charge in [-0.1, -0.05) is 50.1 Å². The van der Waals surface area contributed by atoms with E-state index in [1.54, 1.807) is 0 Å². The Balaban J connectivity index is 2.56. The number of benzene rings is 1. The second kappa shape index (κ2) is 6.66. The van der Waals surface area contributed by atoms with Crippen molar-refractivity contribution in [2.24, 2.45) is 0 Å². The summed E-state index contributed by atoms with van der Waals surface area (Å²) >= 11 is 0. The van der Waals surface area contributed by atoms with E-state index >= 15 is 0 Å². The number of aliphatic hydroxyl groups excluding tert-OH is 1. The molecule has 2 heteroatoms. The molecule has 0 aliphatic rings. The van der Waals surface area contributed by atoms with Gasteiger partial charge in [-0.2, -0.15) is 0 Å². The Morgan fingerprint density at radius 3 is 2.31 bits per heavy atom. The van der Waals surface area contributed by atoms with E-state index in [1.807, 2.05) is 37.3 Å². The van der Waals surface area contributed by atoms with E-state index in [9.17, 15) is 5.11 Å². The first kappa shape index (κ1) is 13.2. The molecule has 90 valence electrons. The molecule has 2 N–H and O–H groups in total. The number of hydrogen-bond donors (Lipinski definition) is 2. The van der Waals surface area contributed by atoms with Crippen molar-refractivity contribution in [3.8, 4) is 0 Å². The molecule has 1 aromatic carbocycles. The summed E-state index contributed by atoms with van der Waals surface area (Å²) in [6.45, 7) is 2.26. The molecule has 2 nitrogen and oxygen atoms in total. The maximum absolute atomic E-state index is 10.5. The van der Waals surface area contributed by atoms with Gasteiger partial charge in [-0.3, -0.25) is 0 Å². The molecule has 0 saturated heterocycles. The Kier molecular flexibility index (Phi) is 5.50. The number of unbranched alkanes of at least 4 members (excludes halogenated alkanes) is 2. The van der Waals surface area contributed by atoms with Gasteiger partial charge < -0.3 is 10.2 Å². The zero-order valence-electron chi connectivity index (χ0n) is 10.0. The third-order valence-electron chi connectivity index (χ3n) is 3.14. The van der Waals surface area contributed by atoms with Crippen LogP contribution in [0.25, 0.3) is 0 Å². The molecule has 0 aliphatic carbocycles. The fraction of sp³-hybridized carbons (Fsp3) is 0.571. The zero-order valence-corrected chi connectivity index (χ0v) is 10.0. The SMILES string of the molecule is CCC(O)(CCCCCO)c1ccccc1. The van der Waals surface area contributed by atoms with Crippen molar-refractivity contribution < 1.29 is 10.2 Å². The third kappa shape index (κ3) is 3.62. The highest BCUT2D eigenvalue weighted by molar-refractivity contribution is 5.21. The van der Waals surface area contributed by atoms with Crippen LogP contribution in [0, 0.1) is 0 Å². The van der Waals surface area contributed by atoms with Crippen LogP contribution in [0.15, 0.2) is 30.3 Å². The van der Waals surface area contributed by atoms with Gasteiger partial charge in [0.1, 0.15) is 0 Å². The van der Waals surface area contributed by atoms with E-state index in [0.29, 0.717) is 0 Å². The average Bonchev–Trinajstić information content (AvgIpc) is 2.35. The van der Waals surface area contributed by atoms with Gasteiger partial charge in [-0.25, -0.2) is 0 Å². The summed E-state index contributed by atoms with van der Waals surface area (Å²) in [5, 5.41) is 19.2. The van der Waals surface area contributed by atoms with Crippen molar-refractivity contribution in [2.75, 3.05) is 6.61 Å². The molecule has 1 aromatic rings. The second-order valence-electron chi connectivity index (χ2n) is 4.29. The van der Waals surface area contributed by atoms with Crippen LogP contribution in [0.3, 0.4) is 0 Å². The first-order valence-corrected chi connectivity index (χ1v) is 6.11. The lowest BCUT2D eigenvalue weighted by Crippen LogP contribution is -2.24. The lowest BCUT2D eigenvalue weighted by Gasteiger charge is -2.27. The Morgan fingerprint density at radius 2 is 1.75 bits per heavy atom. The molecule has 0 amide bonds. The Bertz CT molecular complexity index is 284. The molecule has 0 spiro atoms. The van der Waals surface area contributed by atoms with E-state index in [2.05, 4.69) is 0 Å². The summed E-state index contributed by atoms with van der Waals surface area (Å²) in [5.74, 6) is 0. The van der Waals surface area contributed by atoms with Crippen LogP contribution in [-0.4, -0.2) is 16.8 Å². The summed E-state index contributed by atoms with van der Waals surface area (Å²) in [6.07, 6.45) is 4.27. The van der Waals surface area contributed by atoms with Crippen LogP contribution >= 0.6 is 0 Å². The molecule has 0 radical (unpaired) electrons. The van der Waals surface area contributed by atoms with E-state index in [4.69, 9.17) is 5.11 Å². The monoisotopic (exact) mass is 222 g/mol. The van der Waals surface area contributed by atoms with E-state index in [-0.39, 0.29) is 6.61 Å². The molecule has 0 aromatic heterocycles. The predicted octanol–water partition coefficient (Wildman–Crippen LogP) is 2.84. The van der Waals surface area contributed by atoms with Crippen LogP contribution in [0.2, 0.25) is 0 Å². The molecule has 0 heterocycles. The summed E-state index contributed by atoms with van der Waals surface area (Å²) in [7, 11) is 0. The molecule has 0 saturated carbocycles. The largest absolute Gasteiger partial charge is 0.396 e. The van der Waals surface area contributed by atoms with Crippen molar-refractivity contribution in [2.45, 2.75) is 44.6 Å². The van der Waals surface area contributed by atoms with Crippen LogP contribution < -0.4 is 0 Å². The Hall–Kier alpha value is -0.860. The van der Waals surface area contributed by atoms with Gasteiger partial charge in [0.05, 0.1) is 5.60 Å². The van der Waals surface area contributed by atoms with Gasteiger partial charge in [-0.15, -0.1) is 0 Å². The van der Waals surface area contributed by atoms with Gasteiger partial charge in [0.25, 0.3) is 0 Å². The van der Waals surface area contributed by atoms with Crippen LogP contribution in [-0.2, 0) is 5.60 Å². The fourth-order valence-electron chi connectivity index (χ4n) is 1.98. The lowest BCUT2D eigenvalue weighted by molar-refractivity contribution is 0.0204. The van der Waals surface area contributed by atoms with E-state index < -0.39 is 5.60 Å². The number of hydrogen-bond acceptors (Lipinski definition) is 2. The third-order valence-corrected chi connectivity index (χ3v) is 3.14. The molecular formula is C14H22O2. The molecule has 0 aliphatic heterocycles. The summed E-state index contributed by atoms with van der Waals surface area (Å²) in [5.41, 5.74) is 0.304. The maximum atomic E-state index is 10.5. The van der Waals surface area contributed by atoms with E-state index in [1.165, 1.54) is 0 Å². The number of aliphatic hydroxyl groups is 2. The topological polar surface area (TPSA) is 40.5 Å². The maximum Gasteiger partial charge on any atom is 0.0893 e. The molecule has 0 fully saturated rings. The second-order valence-corrected chi connectivity index (χ2v) is 4.29. The summed E-state index contributed by atoms with van der Waals surface area (Å²) in [6, 6.07) is 9.85. The van der Waals surface area contributed by atoms with Gasteiger partial charge in [0, 0.05) is 6.61 Å². The molecule has 1 atom stereocenters. The zero-order chi connectivity index (χ0) is 11.9. The Morgan fingerprint density at radius 1 is 1.06 bits per heavy atom. The smallest absolute Gasteiger partial charge is 0.0893 e. The van der Waals surface area contributed by atoms with Crippen molar-refractivity contribution in [1.29, 1.82) is 0 Å². The van der Waals surface area contributed by atoms with Crippen molar-refractivity contribution in [3.05, 3.63) is 35.9 Å². The van der Waals surface area contributed by atoms with Crippen LogP contribution in [0.1, 0.15) is 44.6 Å². The highest BCUT2D eigenvalue weighted by Gasteiger charge is 2.25. The quantitative estimate of drug-likeness (QED) is 0.696. The number of rotatable bonds is 7. The highest BCUT2D eigenvalue weighted by atomic mass is 16.3. The molecule has 16 heavy (non-hydrogen) atoms.